The Balaban J connectivity index is 1.71. The maximum atomic E-state index is 14.0. The van der Waals surface area contributed by atoms with Crippen LogP contribution in [-0.4, -0.2) is 60.3 Å². The number of piperazine rings is 1. The highest BCUT2D eigenvalue weighted by molar-refractivity contribution is 5.68. The van der Waals surface area contributed by atoms with Crippen molar-refractivity contribution in [3.8, 4) is 6.07 Å². The Kier molecular flexibility index (Phi) is 5.64. The predicted molar refractivity (Wildman–Crippen MR) is 102 cm³/mol. The molecule has 2 atom stereocenters. The smallest absolute Gasteiger partial charge is 0.410 e. The molecular weight excluding hydrogens is 361 g/mol. The van der Waals surface area contributed by atoms with Crippen LogP contribution in [0.15, 0.2) is 6.07 Å². The average molecular weight is 389 g/mol. The molecule has 1 aromatic rings. The molecule has 2 saturated heterocycles. The molecule has 28 heavy (non-hydrogen) atoms. The molecule has 2 aliphatic heterocycles. The second kappa shape index (κ2) is 7.69. The molecule has 0 N–H and O–H groups in total. The molecule has 0 saturated carbocycles. The molecule has 152 valence electrons. The lowest BCUT2D eigenvalue weighted by Gasteiger charge is -2.46. The maximum Gasteiger partial charge on any atom is 0.410 e. The highest BCUT2D eigenvalue weighted by Crippen LogP contribution is 2.33. The average Bonchev–Trinajstić information content (AvgIpc) is 2.59. The van der Waals surface area contributed by atoms with Gasteiger partial charge in [0, 0.05) is 26.2 Å². The second-order valence-electron chi connectivity index (χ2n) is 8.60. The summed E-state index contributed by atoms with van der Waals surface area (Å²) in [6, 6.07) is 3.48. The van der Waals surface area contributed by atoms with E-state index in [1.807, 2.05) is 33.8 Å². The molecule has 1 amide bonds. The number of ether oxygens (including phenoxy) is 2. The summed E-state index contributed by atoms with van der Waals surface area (Å²) < 4.78 is 25.6. The monoisotopic (exact) mass is 389 g/mol. The second-order valence-corrected chi connectivity index (χ2v) is 8.60. The number of carbonyl (C=O) groups excluding carboxylic acids is 1. The molecule has 2 fully saturated rings. The van der Waals surface area contributed by atoms with Gasteiger partial charge in [0.25, 0.3) is 0 Å². The van der Waals surface area contributed by atoms with Crippen LogP contribution in [0.1, 0.15) is 49.1 Å². The van der Waals surface area contributed by atoms with Crippen molar-refractivity contribution in [1.29, 1.82) is 5.26 Å². The minimum Gasteiger partial charge on any atom is -0.444 e. The zero-order valence-electron chi connectivity index (χ0n) is 17.2. The van der Waals surface area contributed by atoms with Crippen molar-refractivity contribution in [1.82, 2.24) is 9.80 Å². The summed E-state index contributed by atoms with van der Waals surface area (Å²) in [5.41, 5.74) is 1.91. The fourth-order valence-corrected chi connectivity index (χ4v) is 4.03. The maximum absolute atomic E-state index is 14.0. The molecule has 2 aliphatic rings. The van der Waals surface area contributed by atoms with E-state index >= 15 is 0 Å². The van der Waals surface area contributed by atoms with Crippen LogP contribution in [0.5, 0.6) is 0 Å². The highest BCUT2D eigenvalue weighted by atomic mass is 19.1. The van der Waals surface area contributed by atoms with E-state index in [-0.39, 0.29) is 23.8 Å². The van der Waals surface area contributed by atoms with Crippen LogP contribution in [-0.2, 0) is 9.47 Å². The summed E-state index contributed by atoms with van der Waals surface area (Å²) in [5, 5.41) is 9.27. The Morgan fingerprint density at radius 1 is 1.32 bits per heavy atom. The van der Waals surface area contributed by atoms with Crippen molar-refractivity contribution < 1.29 is 18.7 Å². The van der Waals surface area contributed by atoms with Crippen molar-refractivity contribution in [2.45, 2.75) is 52.4 Å². The number of carbonyl (C=O) groups is 1. The van der Waals surface area contributed by atoms with Gasteiger partial charge in [0.2, 0.25) is 0 Å². The van der Waals surface area contributed by atoms with Gasteiger partial charge in [-0.3, -0.25) is 4.90 Å². The molecule has 2 heterocycles. The first-order chi connectivity index (χ1) is 13.1. The van der Waals surface area contributed by atoms with Crippen LogP contribution in [0.4, 0.5) is 9.18 Å². The first-order valence-electron chi connectivity index (χ1n) is 9.64. The fourth-order valence-electron chi connectivity index (χ4n) is 4.03. The van der Waals surface area contributed by atoms with E-state index in [0.717, 1.165) is 17.7 Å². The fraction of sp³-hybridized carbons (Fsp3) is 0.619. The van der Waals surface area contributed by atoms with Crippen LogP contribution >= 0.6 is 0 Å². The normalized spacial score (nSPS) is 23.1. The van der Waals surface area contributed by atoms with E-state index < -0.39 is 11.4 Å². The number of hydrogen-bond donors (Lipinski definition) is 0. The van der Waals surface area contributed by atoms with Gasteiger partial charge >= 0.3 is 6.09 Å². The number of aryl methyl sites for hydroxylation is 1. The third kappa shape index (κ3) is 4.13. The largest absolute Gasteiger partial charge is 0.444 e. The Hall–Kier alpha value is -2.17. The third-order valence-electron chi connectivity index (χ3n) is 5.37. The standard InChI is InChI=1S/C21H28FN3O3/c1-13-8-17(22)16(9-23)14(2)19(13)18-11-24-6-7-25(10-15(24)12-27-18)20(26)28-21(3,4)5/h8,15,18H,6-7,10-12H2,1-5H3/t15-,18-/m0/s1. The predicted octanol–water partition coefficient (Wildman–Crippen LogP) is 3.31. The van der Waals surface area contributed by atoms with Gasteiger partial charge in [0.05, 0.1) is 24.3 Å². The number of nitrogens with zero attached hydrogens (tertiary/aromatic N) is 3. The van der Waals surface area contributed by atoms with Gasteiger partial charge in [0.1, 0.15) is 17.5 Å². The lowest BCUT2D eigenvalue weighted by molar-refractivity contribution is -0.0910. The number of fused-ring (bicyclic) bond motifs is 1. The van der Waals surface area contributed by atoms with Gasteiger partial charge in [-0.2, -0.15) is 5.26 Å². The molecule has 7 heteroatoms. The molecule has 3 rings (SSSR count). The van der Waals surface area contributed by atoms with Crippen molar-refractivity contribution >= 4 is 6.09 Å². The van der Waals surface area contributed by atoms with Gasteiger partial charge in [-0.25, -0.2) is 9.18 Å². The highest BCUT2D eigenvalue weighted by Gasteiger charge is 2.37. The molecule has 0 aromatic heterocycles. The minimum atomic E-state index is -0.515. The topological polar surface area (TPSA) is 65.8 Å². The lowest BCUT2D eigenvalue weighted by Crippen LogP contribution is -2.60. The number of amides is 1. The summed E-state index contributed by atoms with van der Waals surface area (Å²) in [7, 11) is 0. The van der Waals surface area contributed by atoms with Crippen molar-refractivity contribution in [2.75, 3.05) is 32.8 Å². The number of nitriles is 1. The van der Waals surface area contributed by atoms with E-state index in [0.29, 0.717) is 31.8 Å². The molecule has 0 unspecified atom stereocenters. The summed E-state index contributed by atoms with van der Waals surface area (Å²) >= 11 is 0. The Labute approximate surface area is 165 Å². The molecule has 6 nitrogen and oxygen atoms in total. The van der Waals surface area contributed by atoms with Gasteiger partial charge < -0.3 is 14.4 Å². The van der Waals surface area contributed by atoms with Crippen molar-refractivity contribution in [3.63, 3.8) is 0 Å². The zero-order chi connectivity index (χ0) is 20.6. The number of halogens is 1. The number of morpholine rings is 1. The van der Waals surface area contributed by atoms with Crippen LogP contribution in [0.25, 0.3) is 0 Å². The van der Waals surface area contributed by atoms with E-state index in [1.54, 1.807) is 11.8 Å². The van der Waals surface area contributed by atoms with Crippen LogP contribution in [0, 0.1) is 31.0 Å². The first-order valence-corrected chi connectivity index (χ1v) is 9.64. The van der Waals surface area contributed by atoms with Crippen molar-refractivity contribution in [2.24, 2.45) is 0 Å². The molecule has 0 radical (unpaired) electrons. The van der Waals surface area contributed by atoms with Gasteiger partial charge in [0.15, 0.2) is 0 Å². The number of benzene rings is 1. The Morgan fingerprint density at radius 2 is 2.04 bits per heavy atom. The van der Waals surface area contributed by atoms with Crippen LogP contribution in [0.3, 0.4) is 0 Å². The molecule has 1 aromatic carbocycles. The summed E-state index contributed by atoms with van der Waals surface area (Å²) in [4.78, 5) is 16.4. The van der Waals surface area contributed by atoms with Crippen molar-refractivity contribution in [3.05, 3.63) is 34.1 Å². The molecule has 0 bridgehead atoms. The third-order valence-corrected chi connectivity index (χ3v) is 5.37. The Bertz CT molecular complexity index is 813. The SMILES string of the molecule is Cc1cc(F)c(C#N)c(C)c1[C@@H]1CN2CCN(C(=O)OC(C)(C)C)C[C@H]2CO1. The van der Waals surface area contributed by atoms with Crippen LogP contribution < -0.4 is 0 Å². The minimum absolute atomic E-state index is 0.0843. The van der Waals surface area contributed by atoms with E-state index in [2.05, 4.69) is 4.90 Å². The van der Waals surface area contributed by atoms with E-state index in [4.69, 9.17) is 9.47 Å². The zero-order valence-corrected chi connectivity index (χ0v) is 17.2. The van der Waals surface area contributed by atoms with Gasteiger partial charge in [-0.1, -0.05) is 0 Å². The van der Waals surface area contributed by atoms with Gasteiger partial charge in [-0.05, 0) is 57.4 Å². The summed E-state index contributed by atoms with van der Waals surface area (Å²) in [6.07, 6.45) is -0.504. The quantitative estimate of drug-likeness (QED) is 0.737. The number of hydrogen-bond acceptors (Lipinski definition) is 5. The molecule has 0 aliphatic carbocycles. The Morgan fingerprint density at radius 3 is 2.68 bits per heavy atom. The van der Waals surface area contributed by atoms with Crippen LogP contribution in [0.2, 0.25) is 0 Å². The van der Waals surface area contributed by atoms with E-state index in [1.165, 1.54) is 6.07 Å². The first kappa shape index (κ1) is 20.6. The van der Waals surface area contributed by atoms with E-state index in [9.17, 15) is 14.4 Å². The lowest BCUT2D eigenvalue weighted by atomic mass is 9.92. The summed E-state index contributed by atoms with van der Waals surface area (Å²) in [5.74, 6) is -0.485. The van der Waals surface area contributed by atoms with Gasteiger partial charge in [-0.15, -0.1) is 0 Å². The summed E-state index contributed by atoms with van der Waals surface area (Å²) in [6.45, 7) is 12.2. The molecule has 0 spiro atoms. The number of rotatable bonds is 1. The molecular formula is C21H28FN3O3.